The maximum absolute atomic E-state index is 8.79. The van der Waals surface area contributed by atoms with E-state index in [9.17, 15) is 0 Å². The molecule has 0 rings (SSSR count). The van der Waals surface area contributed by atoms with Crippen LogP contribution in [-0.4, -0.2) is 74.8 Å². The Hall–Kier alpha value is 0.643. The van der Waals surface area contributed by atoms with Crippen LogP contribution in [0.4, 0.5) is 0 Å². The Morgan fingerprint density at radius 1 is 0.593 bits per heavy atom. The van der Waals surface area contributed by atoms with E-state index in [1.54, 1.807) is 27.9 Å². The van der Waals surface area contributed by atoms with Gasteiger partial charge in [-0.15, -0.1) is 12.1 Å². The largest absolute Gasteiger partial charge is 4.00 e. The molecule has 2 N–H and O–H groups in total. The molecule has 4 atom stereocenters. The minimum atomic E-state index is -0.214. The second-order valence-corrected chi connectivity index (χ2v) is 6.10. The van der Waals surface area contributed by atoms with Gasteiger partial charge < -0.3 is 31.5 Å². The summed E-state index contributed by atoms with van der Waals surface area (Å²) in [6, 6.07) is 0.602. The molecule has 0 aromatic rings. The number of aliphatic hydroxyl groups is 2. The molecule has 7 heteroatoms. The molecule has 0 aromatic carbocycles. The number of hydrogen-bond donors (Lipinski definition) is 2. The predicted octanol–water partition coefficient (Wildman–Crippen LogP) is 5.10. The van der Waals surface area contributed by atoms with Gasteiger partial charge in [-0.2, -0.15) is 40.3 Å². The topological polar surface area (TPSA) is 96.9 Å². The third kappa shape index (κ3) is 58.4. The zero-order valence-corrected chi connectivity index (χ0v) is 22.2. The van der Waals surface area contributed by atoms with Crippen LogP contribution < -0.4 is 0 Å². The fraction of sp³-hybridized carbons (Fsp3) is 1.00. The Morgan fingerprint density at radius 2 is 0.815 bits per heavy atom. The molecule has 27 heavy (non-hydrogen) atoms. The second-order valence-electron chi connectivity index (χ2n) is 6.10. The Bertz CT molecular complexity index is 198. The van der Waals surface area contributed by atoms with E-state index in [4.69, 9.17) is 10.2 Å². The molecule has 0 saturated carbocycles. The number of nitrogens with zero attached hydrogens (tertiary/aromatic N) is 4. The van der Waals surface area contributed by atoms with Gasteiger partial charge in [-0.1, -0.05) is 41.5 Å². The van der Waals surface area contributed by atoms with Crippen LogP contribution in [0.25, 0.3) is 21.3 Å². The molecule has 164 valence electrons. The first-order chi connectivity index (χ1) is 12.2. The van der Waals surface area contributed by atoms with Crippen LogP contribution in [0.2, 0.25) is 0 Å². The van der Waals surface area contributed by atoms with Crippen LogP contribution in [0.3, 0.4) is 0 Å². The van der Waals surface area contributed by atoms with Gasteiger partial charge in [-0.3, -0.25) is 0 Å². The summed E-state index contributed by atoms with van der Waals surface area (Å²) >= 11 is 0. The molecule has 0 aliphatic rings. The average Bonchev–Trinajstić information content (AvgIpc) is 2.56. The summed E-state index contributed by atoms with van der Waals surface area (Å²) in [6.07, 6.45) is 1.12. The Labute approximate surface area is 190 Å². The van der Waals surface area contributed by atoms with E-state index in [0.29, 0.717) is 12.1 Å². The third-order valence-electron chi connectivity index (χ3n) is 3.14. The van der Waals surface area contributed by atoms with Crippen LogP contribution in [0.1, 0.15) is 68.2 Å². The Balaban J connectivity index is -0.0000000807. The molecule has 6 nitrogen and oxygen atoms in total. The van der Waals surface area contributed by atoms with Gasteiger partial charge in [0.25, 0.3) is 0 Å². The minimum absolute atomic E-state index is 0. The van der Waals surface area contributed by atoms with Gasteiger partial charge in [0.15, 0.2) is 0 Å². The quantitative estimate of drug-likeness (QED) is 0.467. The van der Waals surface area contributed by atoms with Crippen molar-refractivity contribution in [1.82, 2.24) is 0 Å². The maximum atomic E-state index is 8.79. The summed E-state index contributed by atoms with van der Waals surface area (Å²) in [4.78, 5) is 0. The van der Waals surface area contributed by atoms with Crippen molar-refractivity contribution in [1.29, 1.82) is 0 Å². The molecular formula is C20H48N4O2Zr. The van der Waals surface area contributed by atoms with Crippen LogP contribution in [0, 0.1) is 0 Å². The zero-order valence-electron chi connectivity index (χ0n) is 19.7. The van der Waals surface area contributed by atoms with Crippen molar-refractivity contribution in [2.45, 2.75) is 92.5 Å². The summed E-state index contributed by atoms with van der Waals surface area (Å²) in [5.74, 6) is 0. The molecule has 0 aliphatic heterocycles. The first kappa shape index (κ1) is 38.3. The van der Waals surface area contributed by atoms with Gasteiger partial charge in [0, 0.05) is 12.2 Å². The van der Waals surface area contributed by atoms with E-state index >= 15 is 0 Å². The Morgan fingerprint density at radius 3 is 0.852 bits per heavy atom. The van der Waals surface area contributed by atoms with E-state index in [0.717, 1.165) is 39.0 Å². The van der Waals surface area contributed by atoms with Crippen molar-refractivity contribution in [2.24, 2.45) is 0 Å². The van der Waals surface area contributed by atoms with Gasteiger partial charge in [-0.05, 0) is 26.7 Å². The fourth-order valence-electron chi connectivity index (χ4n) is 1.65. The van der Waals surface area contributed by atoms with Crippen LogP contribution in [0.15, 0.2) is 0 Å². The number of aliphatic hydroxyl groups excluding tert-OH is 2. The summed E-state index contributed by atoms with van der Waals surface area (Å²) in [5.41, 5.74) is 0. The second kappa shape index (κ2) is 34.2. The molecule has 0 saturated heterocycles. The monoisotopic (exact) mass is 466 g/mol. The number of hydrogen-bond acceptors (Lipinski definition) is 2. The summed E-state index contributed by atoms with van der Waals surface area (Å²) in [6.45, 7) is 19.6. The van der Waals surface area contributed by atoms with Crippen molar-refractivity contribution in [2.75, 3.05) is 40.3 Å². The molecule has 0 fully saturated rings. The minimum Gasteiger partial charge on any atom is -0.663 e. The smallest absolute Gasteiger partial charge is 0.663 e. The van der Waals surface area contributed by atoms with Gasteiger partial charge in [0.05, 0.1) is 0 Å². The first-order valence-corrected chi connectivity index (χ1v) is 9.96. The molecule has 0 spiro atoms. The molecule has 0 aromatic heterocycles. The molecule has 0 radical (unpaired) electrons. The third-order valence-corrected chi connectivity index (χ3v) is 3.14. The van der Waals surface area contributed by atoms with Crippen molar-refractivity contribution in [3.63, 3.8) is 0 Å². The predicted molar refractivity (Wildman–Crippen MR) is 119 cm³/mol. The normalized spacial score (nSPS) is 13.8. The molecule has 0 bridgehead atoms. The molecular weight excluding hydrogens is 419 g/mol. The van der Waals surface area contributed by atoms with Gasteiger partial charge >= 0.3 is 26.2 Å². The van der Waals surface area contributed by atoms with Gasteiger partial charge in [-0.25, -0.2) is 0 Å². The fourth-order valence-corrected chi connectivity index (χ4v) is 1.65. The van der Waals surface area contributed by atoms with Crippen molar-refractivity contribution >= 4 is 0 Å². The van der Waals surface area contributed by atoms with Gasteiger partial charge in [0.1, 0.15) is 0 Å². The maximum Gasteiger partial charge on any atom is 4.00 e. The SMILES string of the molecule is CC[N-]CC.CC[N-]CC.C[N-]C(C)CC(C)O.C[N-]C(C)CC(C)O.[Zr+4]. The standard InChI is InChI=1S/2C6H14NO.2C4H10N.Zr/c2*1-5(7-3)4-6(2)8;2*1-3-5-4-2;/h2*5-6,8H,4H2,1-3H3;2*3-4H2,1-2H3;/q4*-1;+4. The number of rotatable bonds is 10. The zero-order chi connectivity index (χ0) is 21.4. The molecule has 0 heterocycles. The van der Waals surface area contributed by atoms with Crippen molar-refractivity contribution < 1.29 is 36.4 Å². The molecule has 0 amide bonds. The Kier molecular flexibility index (Phi) is 48.4. The van der Waals surface area contributed by atoms with E-state index in [-0.39, 0.29) is 38.4 Å². The van der Waals surface area contributed by atoms with E-state index in [2.05, 4.69) is 21.3 Å². The average molecular weight is 468 g/mol. The van der Waals surface area contributed by atoms with Crippen LogP contribution in [-0.2, 0) is 26.2 Å². The summed E-state index contributed by atoms with van der Waals surface area (Å²) < 4.78 is 0. The molecule has 0 aliphatic carbocycles. The van der Waals surface area contributed by atoms with E-state index in [1.165, 1.54) is 0 Å². The van der Waals surface area contributed by atoms with E-state index in [1.807, 2.05) is 41.5 Å². The summed E-state index contributed by atoms with van der Waals surface area (Å²) in [5, 5.41) is 33.5. The summed E-state index contributed by atoms with van der Waals surface area (Å²) in [7, 11) is 3.54. The first-order valence-electron chi connectivity index (χ1n) is 9.96. The van der Waals surface area contributed by atoms with Gasteiger partial charge in [0.2, 0.25) is 0 Å². The van der Waals surface area contributed by atoms with Crippen LogP contribution >= 0.6 is 0 Å². The van der Waals surface area contributed by atoms with E-state index < -0.39 is 0 Å². The van der Waals surface area contributed by atoms with Crippen molar-refractivity contribution in [3.8, 4) is 0 Å². The molecule has 4 unspecified atom stereocenters. The van der Waals surface area contributed by atoms with Crippen molar-refractivity contribution in [3.05, 3.63) is 21.3 Å². The van der Waals surface area contributed by atoms with Crippen LogP contribution in [0.5, 0.6) is 0 Å².